The zero-order valence-corrected chi connectivity index (χ0v) is 5.58. The predicted octanol–water partition coefficient (Wildman–Crippen LogP) is 0.0174. The first-order chi connectivity index (χ1) is 1.00. The van der Waals surface area contributed by atoms with Crippen molar-refractivity contribution in [2.45, 2.75) is 0 Å². The summed E-state index contributed by atoms with van der Waals surface area (Å²) in [5.41, 5.74) is 0. The van der Waals surface area contributed by atoms with Crippen molar-refractivity contribution in [2.24, 2.45) is 0 Å². The van der Waals surface area contributed by atoms with Crippen LogP contribution in [0.3, 0.4) is 0 Å². The van der Waals surface area contributed by atoms with Crippen molar-refractivity contribution >= 4 is 0 Å². The van der Waals surface area contributed by atoms with Crippen LogP contribution in [0, 0.1) is 76.3 Å². The Balaban J connectivity index is -0.00000000500. The van der Waals surface area contributed by atoms with Crippen molar-refractivity contribution in [1.82, 2.24) is 0 Å². The molecule has 0 spiro atoms. The van der Waals surface area contributed by atoms with Crippen LogP contribution in [-0.2, 0) is 0 Å². The van der Waals surface area contributed by atoms with Gasteiger partial charge in [0.1, 0.15) is 0 Å². The second-order valence-electron chi connectivity index (χ2n) is 0. The third-order valence-electron chi connectivity index (χ3n) is 0. The van der Waals surface area contributed by atoms with Crippen LogP contribution in [-0.4, -0.2) is 10.5 Å². The molecule has 0 rings (SSSR count). The zero-order chi connectivity index (χ0) is 2.00. The van der Waals surface area contributed by atoms with E-state index < -0.39 is 0 Å². The van der Waals surface area contributed by atoms with Gasteiger partial charge in [-0.15, -0.1) is 0 Å². The van der Waals surface area contributed by atoms with Crippen LogP contribution in [0.5, 0.6) is 0 Å². The molecule has 0 aromatic carbocycles. The quantitative estimate of drug-likeness (QED) is 0.473. The van der Waals surface area contributed by atoms with Crippen molar-refractivity contribution < 1.29 is 86.9 Å². The summed E-state index contributed by atoms with van der Waals surface area (Å²) in [4.78, 5) is 0. The number of rotatable bonds is 0. The Labute approximate surface area is 84.9 Å². The van der Waals surface area contributed by atoms with Gasteiger partial charge < -0.3 is 0 Å². The molecule has 0 aromatic rings. The fraction of sp³-hybridized carbons (Fsp3) is 0. The van der Waals surface area contributed by atoms with Gasteiger partial charge in [0.15, 0.2) is 0 Å². The Kier molecular flexibility index (Phi) is 72.1. The molecule has 0 aliphatic carbocycles. The summed E-state index contributed by atoms with van der Waals surface area (Å²) >= 11 is 0. The summed E-state index contributed by atoms with van der Waals surface area (Å²) in [6, 6.07) is 0. The Morgan fingerprint density at radius 2 is 0.750 bits per heavy atom. The van der Waals surface area contributed by atoms with Gasteiger partial charge in [0, 0.05) is 76.3 Å². The Morgan fingerprint density at radius 1 is 0.750 bits per heavy atom. The second kappa shape index (κ2) is 17.9. The van der Waals surface area contributed by atoms with E-state index in [1.807, 2.05) is 0 Å². The molecule has 4 heavy (non-hydrogen) atoms. The standard InChI is InChI=1S/2Dy.H2O2/c;;1-2/h;;1-2H. The normalized spacial score (nSPS) is 1.50. The van der Waals surface area contributed by atoms with Crippen LogP contribution in [0.2, 0.25) is 0 Å². The van der Waals surface area contributed by atoms with Gasteiger partial charge >= 0.3 is 0 Å². The first kappa shape index (κ1) is 16.1. The summed E-state index contributed by atoms with van der Waals surface area (Å²) in [5, 5.41) is 12.0. The number of hydrogen-bond acceptors (Lipinski definition) is 2. The van der Waals surface area contributed by atoms with E-state index in [4.69, 9.17) is 10.5 Å². The van der Waals surface area contributed by atoms with Gasteiger partial charge in [-0.3, -0.25) is 10.5 Å². The van der Waals surface area contributed by atoms with E-state index in [2.05, 4.69) is 0 Å². The van der Waals surface area contributed by atoms with Crippen LogP contribution in [0.15, 0.2) is 0 Å². The Morgan fingerprint density at radius 3 is 0.750 bits per heavy atom. The first-order valence-corrected chi connectivity index (χ1v) is 0.200. The maximum absolute atomic E-state index is 6.00. The molecule has 0 aromatic heterocycles. The van der Waals surface area contributed by atoms with E-state index in [1.54, 1.807) is 0 Å². The topological polar surface area (TPSA) is 40.5 Å². The zero-order valence-electron chi connectivity index (χ0n) is 1.53. The molecule has 0 aliphatic rings. The van der Waals surface area contributed by atoms with Crippen LogP contribution < -0.4 is 0 Å². The van der Waals surface area contributed by atoms with Crippen LogP contribution >= 0.6 is 0 Å². The molecule has 4 heteroatoms. The molecule has 2 nitrogen and oxygen atoms in total. The summed E-state index contributed by atoms with van der Waals surface area (Å²) in [7, 11) is 0. The van der Waals surface area contributed by atoms with Crippen molar-refractivity contribution in [2.75, 3.05) is 0 Å². The average molecular weight is 359 g/mol. The van der Waals surface area contributed by atoms with Gasteiger partial charge in [-0.1, -0.05) is 0 Å². The minimum atomic E-state index is 0. The van der Waals surface area contributed by atoms with Crippen molar-refractivity contribution in [3.05, 3.63) is 0 Å². The van der Waals surface area contributed by atoms with Gasteiger partial charge in [0.05, 0.1) is 0 Å². The minimum absolute atomic E-state index is 0. The molecule has 0 aliphatic heterocycles. The van der Waals surface area contributed by atoms with E-state index in [9.17, 15) is 0 Å². The number of hydrogen-bond donors (Lipinski definition) is 2. The average Bonchev–Trinajstić information content (AvgIpc) is 1.00. The SMILES string of the molecule is OO.[Dy].[Dy]. The fourth-order valence-corrected chi connectivity index (χ4v) is 0. The fourth-order valence-electron chi connectivity index (χ4n) is 0. The van der Waals surface area contributed by atoms with E-state index in [-0.39, 0.29) is 76.3 Å². The third kappa shape index (κ3) is 8.82. The summed E-state index contributed by atoms with van der Waals surface area (Å²) in [6.07, 6.45) is 0. The largest absolute Gasteiger partial charge is 0.255 e. The smallest absolute Gasteiger partial charge is 0 e. The Hall–Kier alpha value is 2.47. The van der Waals surface area contributed by atoms with E-state index in [0.717, 1.165) is 0 Å². The molecular formula is H2Dy2O2. The van der Waals surface area contributed by atoms with Gasteiger partial charge in [-0.25, -0.2) is 0 Å². The van der Waals surface area contributed by atoms with Gasteiger partial charge in [0.2, 0.25) is 0 Å². The van der Waals surface area contributed by atoms with E-state index >= 15 is 0 Å². The molecule has 0 saturated heterocycles. The van der Waals surface area contributed by atoms with Crippen molar-refractivity contribution in [1.29, 1.82) is 0 Å². The monoisotopic (exact) mass is 362 g/mol. The molecular weight excluding hydrogens is 357 g/mol. The maximum atomic E-state index is 6.00. The van der Waals surface area contributed by atoms with Crippen LogP contribution in [0.1, 0.15) is 0 Å². The molecule has 0 heterocycles. The second-order valence-corrected chi connectivity index (χ2v) is 0. The minimum Gasteiger partial charge on any atom is -0.255 e. The van der Waals surface area contributed by atoms with Crippen LogP contribution in [0.4, 0.5) is 0 Å². The molecule has 0 atom stereocenters. The maximum Gasteiger partial charge on any atom is 0 e. The summed E-state index contributed by atoms with van der Waals surface area (Å²) < 4.78 is 0. The molecule has 0 saturated carbocycles. The van der Waals surface area contributed by atoms with Gasteiger partial charge in [-0.05, 0) is 0 Å². The van der Waals surface area contributed by atoms with Crippen LogP contribution in [0.25, 0.3) is 0 Å². The first-order valence-electron chi connectivity index (χ1n) is 0.200. The third-order valence-corrected chi connectivity index (χ3v) is 0. The Bertz CT molecular complexity index is 4.00. The molecule has 0 unspecified atom stereocenters. The van der Waals surface area contributed by atoms with E-state index in [0.29, 0.717) is 0 Å². The van der Waals surface area contributed by atoms with Crippen molar-refractivity contribution in [3.8, 4) is 0 Å². The molecule has 0 bridgehead atoms. The molecule has 0 amide bonds. The molecule has 2 N–H and O–H groups in total. The van der Waals surface area contributed by atoms with Gasteiger partial charge in [0.25, 0.3) is 0 Å². The van der Waals surface area contributed by atoms with E-state index in [1.165, 1.54) is 0 Å². The molecule has 34 valence electrons. The molecule has 0 fully saturated rings. The summed E-state index contributed by atoms with van der Waals surface area (Å²) in [6.45, 7) is 0. The van der Waals surface area contributed by atoms with Crippen molar-refractivity contribution in [3.63, 3.8) is 0 Å². The summed E-state index contributed by atoms with van der Waals surface area (Å²) in [5.74, 6) is 0. The predicted molar refractivity (Wildman–Crippen MR) is 5.26 cm³/mol. The molecule has 0 radical (unpaired) electrons. The van der Waals surface area contributed by atoms with Gasteiger partial charge in [-0.2, -0.15) is 0 Å².